The summed E-state index contributed by atoms with van der Waals surface area (Å²) in [5.41, 5.74) is 4.11. The van der Waals surface area contributed by atoms with E-state index in [9.17, 15) is 5.26 Å². The maximum absolute atomic E-state index is 10.2. The molecule has 3 aliphatic rings. The van der Waals surface area contributed by atoms with Crippen LogP contribution >= 0.6 is 0 Å². The standard InChI is InChI=1S/C25H30N4O/c1-3-30-24-12-7-5-10-20(24)21-17-19-9-4-6-11-22(19)27-25(21)23(18-26)29-14-8-13-28(2)15-16-29/h4-7,9-10,12,17,22-23H,3,8,11,13-16H2,1-2H3. The number of fused-ring (bicyclic) bond motifs is 1. The molecule has 0 bridgehead atoms. The van der Waals surface area contributed by atoms with E-state index < -0.39 is 0 Å². The van der Waals surface area contributed by atoms with Crippen LogP contribution in [-0.2, 0) is 0 Å². The molecule has 2 aliphatic heterocycles. The monoisotopic (exact) mass is 402 g/mol. The van der Waals surface area contributed by atoms with Crippen LogP contribution in [0.2, 0.25) is 0 Å². The van der Waals surface area contributed by atoms with Crippen molar-refractivity contribution in [1.82, 2.24) is 9.80 Å². The van der Waals surface area contributed by atoms with E-state index in [1.807, 2.05) is 25.1 Å². The van der Waals surface area contributed by atoms with Crippen LogP contribution in [0.3, 0.4) is 0 Å². The Morgan fingerprint density at radius 3 is 2.93 bits per heavy atom. The summed E-state index contributed by atoms with van der Waals surface area (Å²) >= 11 is 0. The van der Waals surface area contributed by atoms with Gasteiger partial charge in [0.15, 0.2) is 0 Å². The van der Waals surface area contributed by atoms with E-state index in [1.165, 1.54) is 5.57 Å². The minimum atomic E-state index is -0.357. The van der Waals surface area contributed by atoms with Gasteiger partial charge < -0.3 is 9.64 Å². The molecule has 0 aromatic heterocycles. The molecule has 5 nitrogen and oxygen atoms in total. The molecule has 0 saturated carbocycles. The lowest BCUT2D eigenvalue weighted by Gasteiger charge is -2.32. The van der Waals surface area contributed by atoms with Gasteiger partial charge in [-0.05, 0) is 51.1 Å². The molecular formula is C25H30N4O. The zero-order valence-corrected chi connectivity index (χ0v) is 17.9. The van der Waals surface area contributed by atoms with Crippen molar-refractivity contribution in [2.75, 3.05) is 39.8 Å². The van der Waals surface area contributed by atoms with Crippen molar-refractivity contribution in [1.29, 1.82) is 5.26 Å². The van der Waals surface area contributed by atoms with E-state index in [-0.39, 0.29) is 12.1 Å². The van der Waals surface area contributed by atoms with Gasteiger partial charge in [-0.15, -0.1) is 0 Å². The van der Waals surface area contributed by atoms with Gasteiger partial charge in [0.05, 0.1) is 24.4 Å². The van der Waals surface area contributed by atoms with Gasteiger partial charge in [0.2, 0.25) is 0 Å². The molecule has 0 N–H and O–H groups in total. The van der Waals surface area contributed by atoms with Crippen molar-refractivity contribution in [3.63, 3.8) is 0 Å². The third-order valence-corrected chi connectivity index (χ3v) is 6.03. The maximum Gasteiger partial charge on any atom is 0.141 e. The van der Waals surface area contributed by atoms with Crippen molar-refractivity contribution in [2.24, 2.45) is 4.99 Å². The molecule has 1 fully saturated rings. The van der Waals surface area contributed by atoms with Crippen LogP contribution in [0.25, 0.3) is 5.57 Å². The Kier molecular flexibility index (Phi) is 6.47. The van der Waals surface area contributed by atoms with Gasteiger partial charge in [-0.3, -0.25) is 9.89 Å². The van der Waals surface area contributed by atoms with Gasteiger partial charge in [0.25, 0.3) is 0 Å². The fourth-order valence-electron chi connectivity index (χ4n) is 4.43. The normalized spacial score (nSPS) is 23.4. The summed E-state index contributed by atoms with van der Waals surface area (Å²) in [6.45, 7) is 6.42. The van der Waals surface area contributed by atoms with E-state index in [4.69, 9.17) is 9.73 Å². The molecule has 0 radical (unpaired) electrons. The van der Waals surface area contributed by atoms with Crippen LogP contribution < -0.4 is 4.74 Å². The largest absolute Gasteiger partial charge is 0.493 e. The quantitative estimate of drug-likeness (QED) is 0.753. The average molecular weight is 403 g/mol. The molecule has 30 heavy (non-hydrogen) atoms. The molecule has 2 atom stereocenters. The summed E-state index contributed by atoms with van der Waals surface area (Å²) in [4.78, 5) is 9.79. The molecule has 2 heterocycles. The minimum Gasteiger partial charge on any atom is -0.493 e. The van der Waals surface area contributed by atoms with Crippen LogP contribution in [0, 0.1) is 11.3 Å². The number of nitrogens with zero attached hydrogens (tertiary/aromatic N) is 4. The first-order chi connectivity index (χ1) is 14.7. The lowest BCUT2D eigenvalue weighted by Crippen LogP contribution is -2.44. The summed E-state index contributed by atoms with van der Waals surface area (Å²) in [6, 6.07) is 10.4. The van der Waals surface area contributed by atoms with E-state index in [2.05, 4.69) is 53.3 Å². The minimum absolute atomic E-state index is 0.0958. The zero-order chi connectivity index (χ0) is 20.9. The Morgan fingerprint density at radius 2 is 2.10 bits per heavy atom. The molecule has 0 amide bonds. The van der Waals surface area contributed by atoms with Gasteiger partial charge in [0, 0.05) is 30.8 Å². The first kappa shape index (κ1) is 20.6. The zero-order valence-electron chi connectivity index (χ0n) is 17.9. The summed E-state index contributed by atoms with van der Waals surface area (Å²) in [7, 11) is 2.15. The number of hydrogen-bond donors (Lipinski definition) is 0. The Morgan fingerprint density at radius 1 is 1.23 bits per heavy atom. The van der Waals surface area contributed by atoms with E-state index >= 15 is 0 Å². The molecule has 1 saturated heterocycles. The topological polar surface area (TPSA) is 51.9 Å². The number of nitriles is 1. The van der Waals surface area contributed by atoms with Crippen molar-refractivity contribution in [2.45, 2.75) is 31.8 Å². The molecule has 156 valence electrons. The van der Waals surface area contributed by atoms with Crippen LogP contribution in [0.15, 0.2) is 59.1 Å². The molecule has 0 spiro atoms. The summed E-state index contributed by atoms with van der Waals surface area (Å²) in [6.07, 6.45) is 10.6. The molecule has 1 aromatic carbocycles. The summed E-state index contributed by atoms with van der Waals surface area (Å²) in [5, 5.41) is 10.2. The van der Waals surface area contributed by atoms with E-state index in [1.54, 1.807) is 0 Å². The Labute approximate surface area is 179 Å². The molecule has 5 heteroatoms. The predicted molar refractivity (Wildman–Crippen MR) is 122 cm³/mol. The highest BCUT2D eigenvalue weighted by Gasteiger charge is 2.33. The SMILES string of the molecule is CCOc1ccccc1C1=CC2=CC=CCC2N=C1C(C#N)N1CCCN(C)CC1. The Hall–Kier alpha value is -2.68. The van der Waals surface area contributed by atoms with Crippen molar-refractivity contribution in [3.8, 4) is 11.8 Å². The van der Waals surface area contributed by atoms with Crippen LogP contribution in [-0.4, -0.2) is 67.4 Å². The average Bonchev–Trinajstić information content (AvgIpc) is 2.99. The van der Waals surface area contributed by atoms with Crippen LogP contribution in [0.5, 0.6) is 5.75 Å². The Balaban J connectivity index is 1.76. The maximum atomic E-state index is 10.2. The highest BCUT2D eigenvalue weighted by atomic mass is 16.5. The number of ether oxygens (including phenoxy) is 1. The van der Waals surface area contributed by atoms with Crippen molar-refractivity contribution < 1.29 is 4.74 Å². The number of para-hydroxylation sites is 1. The molecule has 2 unspecified atom stereocenters. The van der Waals surface area contributed by atoms with E-state index in [0.717, 1.165) is 61.6 Å². The first-order valence-corrected chi connectivity index (χ1v) is 10.9. The second kappa shape index (κ2) is 9.42. The lowest BCUT2D eigenvalue weighted by atomic mass is 9.86. The van der Waals surface area contributed by atoms with Gasteiger partial charge in [0.1, 0.15) is 11.8 Å². The molecule has 4 rings (SSSR count). The smallest absolute Gasteiger partial charge is 0.141 e. The second-order valence-electron chi connectivity index (χ2n) is 8.07. The third kappa shape index (κ3) is 4.26. The van der Waals surface area contributed by atoms with Gasteiger partial charge in [-0.2, -0.15) is 5.26 Å². The van der Waals surface area contributed by atoms with E-state index in [0.29, 0.717) is 6.61 Å². The molecule has 1 aliphatic carbocycles. The van der Waals surface area contributed by atoms with Crippen molar-refractivity contribution in [3.05, 3.63) is 59.7 Å². The third-order valence-electron chi connectivity index (χ3n) is 6.03. The number of likely N-dealkylation sites (N-methyl/N-ethyl adjacent to an activating group) is 1. The highest BCUT2D eigenvalue weighted by Crippen LogP contribution is 2.35. The van der Waals surface area contributed by atoms with Crippen LogP contribution in [0.1, 0.15) is 25.3 Å². The summed E-state index contributed by atoms with van der Waals surface area (Å²) < 4.78 is 5.94. The number of dihydropyridines is 1. The highest BCUT2D eigenvalue weighted by molar-refractivity contribution is 6.29. The number of aliphatic imine (C=N–C) groups is 1. The number of benzene rings is 1. The first-order valence-electron chi connectivity index (χ1n) is 10.9. The van der Waals surface area contributed by atoms with Gasteiger partial charge in [-0.1, -0.05) is 36.4 Å². The molecule has 1 aromatic rings. The fraction of sp³-hybridized carbons (Fsp3) is 0.440. The lowest BCUT2D eigenvalue weighted by molar-refractivity contribution is 0.277. The number of rotatable bonds is 5. The fourth-order valence-corrected chi connectivity index (χ4v) is 4.43. The number of hydrogen-bond acceptors (Lipinski definition) is 5. The predicted octanol–water partition coefficient (Wildman–Crippen LogP) is 3.71. The van der Waals surface area contributed by atoms with Crippen LogP contribution in [0.4, 0.5) is 0 Å². The van der Waals surface area contributed by atoms with Crippen molar-refractivity contribution >= 4 is 11.3 Å². The molecular weight excluding hydrogens is 372 g/mol. The Bertz CT molecular complexity index is 937. The van der Waals surface area contributed by atoms with Gasteiger partial charge in [-0.25, -0.2) is 0 Å². The summed E-state index contributed by atoms with van der Waals surface area (Å²) in [5.74, 6) is 0.844. The van der Waals surface area contributed by atoms with Gasteiger partial charge >= 0.3 is 0 Å². The second-order valence-corrected chi connectivity index (χ2v) is 8.07. The number of allylic oxidation sites excluding steroid dienone is 2.